The predicted octanol–water partition coefficient (Wildman–Crippen LogP) is 4.75. The van der Waals surface area contributed by atoms with Crippen molar-refractivity contribution < 1.29 is 18.1 Å². The van der Waals surface area contributed by atoms with Gasteiger partial charge in [-0.05, 0) is 25.0 Å². The highest BCUT2D eigenvalue weighted by Crippen LogP contribution is 2.35. The Kier molecular flexibility index (Phi) is 4.69. The van der Waals surface area contributed by atoms with Crippen molar-refractivity contribution in [3.05, 3.63) is 33.9 Å². The fraction of sp³-hybridized carbons (Fsp3) is 0.571. The van der Waals surface area contributed by atoms with Gasteiger partial charge >= 0.3 is 6.18 Å². The Balaban J connectivity index is 2.24. The summed E-state index contributed by atoms with van der Waals surface area (Å²) in [4.78, 5) is 10.2. The highest BCUT2D eigenvalue weighted by molar-refractivity contribution is 5.63. The number of nitrogens with one attached hydrogen (secondary N) is 1. The zero-order chi connectivity index (χ0) is 15.5. The van der Waals surface area contributed by atoms with Crippen LogP contribution in [-0.2, 0) is 6.18 Å². The molecule has 1 aliphatic rings. The van der Waals surface area contributed by atoms with Gasteiger partial charge in [0.2, 0.25) is 0 Å². The summed E-state index contributed by atoms with van der Waals surface area (Å²) in [6, 6.07) is 2.72. The van der Waals surface area contributed by atoms with Gasteiger partial charge in [-0.25, -0.2) is 0 Å². The molecule has 0 heterocycles. The fourth-order valence-electron chi connectivity index (χ4n) is 2.62. The van der Waals surface area contributed by atoms with Gasteiger partial charge in [-0.2, -0.15) is 13.2 Å². The van der Waals surface area contributed by atoms with Gasteiger partial charge in [0, 0.05) is 12.1 Å². The molecule has 1 aromatic carbocycles. The van der Waals surface area contributed by atoms with E-state index < -0.39 is 22.4 Å². The molecule has 0 unspecified atom stereocenters. The van der Waals surface area contributed by atoms with Crippen molar-refractivity contribution in [3.8, 4) is 0 Å². The number of benzene rings is 1. The Bertz CT molecular complexity index is 509. The first kappa shape index (κ1) is 15.6. The summed E-state index contributed by atoms with van der Waals surface area (Å²) >= 11 is 0. The van der Waals surface area contributed by atoms with Gasteiger partial charge in [-0.15, -0.1) is 0 Å². The maximum atomic E-state index is 12.6. The van der Waals surface area contributed by atoms with E-state index in [1.165, 1.54) is 0 Å². The van der Waals surface area contributed by atoms with Crippen molar-refractivity contribution in [1.82, 2.24) is 0 Å². The smallest absolute Gasteiger partial charge is 0.377 e. The number of hydrogen-bond donors (Lipinski definition) is 1. The van der Waals surface area contributed by atoms with Crippen molar-refractivity contribution in [1.29, 1.82) is 0 Å². The van der Waals surface area contributed by atoms with Gasteiger partial charge < -0.3 is 5.32 Å². The summed E-state index contributed by atoms with van der Waals surface area (Å²) in [6.07, 6.45) is 1.53. The standard InChI is InChI=1S/C14H17F3N2O2/c15-14(16,17)10-7-8-12(13(9-10)19(20)21)18-11-5-3-1-2-4-6-11/h7-9,11,18H,1-6H2. The molecule has 116 valence electrons. The lowest BCUT2D eigenvalue weighted by Gasteiger charge is -2.18. The molecule has 0 atom stereocenters. The van der Waals surface area contributed by atoms with Crippen LogP contribution >= 0.6 is 0 Å². The van der Waals surface area contributed by atoms with Crippen LogP contribution < -0.4 is 5.32 Å². The molecular formula is C14H17F3N2O2. The molecule has 0 spiro atoms. The van der Waals surface area contributed by atoms with E-state index in [0.717, 1.165) is 50.7 Å². The lowest BCUT2D eigenvalue weighted by atomic mass is 10.1. The van der Waals surface area contributed by atoms with Gasteiger partial charge in [0.25, 0.3) is 5.69 Å². The molecule has 0 radical (unpaired) electrons. The molecule has 0 amide bonds. The number of halogens is 3. The van der Waals surface area contributed by atoms with E-state index in [0.29, 0.717) is 6.07 Å². The molecule has 1 N–H and O–H groups in total. The van der Waals surface area contributed by atoms with Crippen molar-refractivity contribution in [2.75, 3.05) is 5.32 Å². The number of hydrogen-bond acceptors (Lipinski definition) is 3. The number of alkyl halides is 3. The summed E-state index contributed by atoms with van der Waals surface area (Å²) in [5.74, 6) is 0. The van der Waals surface area contributed by atoms with Gasteiger partial charge in [-0.1, -0.05) is 25.7 Å². The third-order valence-corrected chi connectivity index (χ3v) is 3.74. The predicted molar refractivity (Wildman–Crippen MR) is 73.2 cm³/mol. The third kappa shape index (κ3) is 4.09. The summed E-state index contributed by atoms with van der Waals surface area (Å²) in [6.45, 7) is 0. The van der Waals surface area contributed by atoms with Crippen molar-refractivity contribution in [2.24, 2.45) is 0 Å². The Morgan fingerprint density at radius 2 is 1.76 bits per heavy atom. The van der Waals surface area contributed by atoms with Crippen LogP contribution in [0.25, 0.3) is 0 Å². The number of nitro benzene ring substituents is 1. The number of rotatable bonds is 3. The van der Waals surface area contributed by atoms with E-state index in [4.69, 9.17) is 0 Å². The summed E-state index contributed by atoms with van der Waals surface area (Å²) < 4.78 is 37.9. The van der Waals surface area contributed by atoms with Crippen molar-refractivity contribution >= 4 is 11.4 Å². The van der Waals surface area contributed by atoms with Gasteiger partial charge in [0.1, 0.15) is 5.69 Å². The average Bonchev–Trinajstić information content (AvgIpc) is 2.66. The van der Waals surface area contributed by atoms with Crippen LogP contribution in [0.4, 0.5) is 24.5 Å². The quantitative estimate of drug-likeness (QED) is 0.498. The minimum atomic E-state index is -4.58. The molecular weight excluding hydrogens is 285 g/mol. The lowest BCUT2D eigenvalue weighted by molar-refractivity contribution is -0.384. The maximum absolute atomic E-state index is 12.6. The molecule has 1 aromatic rings. The molecule has 0 aliphatic heterocycles. The number of nitrogens with zero attached hydrogens (tertiary/aromatic N) is 1. The van der Waals surface area contributed by atoms with Crippen LogP contribution in [-0.4, -0.2) is 11.0 Å². The van der Waals surface area contributed by atoms with E-state index in [-0.39, 0.29) is 11.7 Å². The summed E-state index contributed by atoms with van der Waals surface area (Å²) in [7, 11) is 0. The second-order valence-electron chi connectivity index (χ2n) is 5.32. The van der Waals surface area contributed by atoms with Crippen LogP contribution in [0.3, 0.4) is 0 Å². The number of anilines is 1. The molecule has 0 bridgehead atoms. The van der Waals surface area contributed by atoms with Crippen LogP contribution in [0, 0.1) is 10.1 Å². The Morgan fingerprint density at radius 1 is 1.14 bits per heavy atom. The molecule has 1 aliphatic carbocycles. The Morgan fingerprint density at radius 3 is 2.29 bits per heavy atom. The highest BCUT2D eigenvalue weighted by Gasteiger charge is 2.33. The average molecular weight is 302 g/mol. The van der Waals surface area contributed by atoms with Gasteiger partial charge in [0.15, 0.2) is 0 Å². The minimum absolute atomic E-state index is 0.0861. The van der Waals surface area contributed by atoms with Crippen molar-refractivity contribution in [2.45, 2.75) is 50.7 Å². The van der Waals surface area contributed by atoms with Crippen LogP contribution in [0.1, 0.15) is 44.1 Å². The summed E-state index contributed by atoms with van der Waals surface area (Å²) in [5.41, 5.74) is -1.35. The molecule has 7 heteroatoms. The SMILES string of the molecule is O=[N+]([O-])c1cc(C(F)(F)F)ccc1NC1CCCCCC1. The Hall–Kier alpha value is -1.79. The van der Waals surface area contributed by atoms with Gasteiger partial charge in [-0.3, -0.25) is 10.1 Å². The molecule has 2 rings (SSSR count). The summed E-state index contributed by atoms with van der Waals surface area (Å²) in [5, 5.41) is 14.0. The zero-order valence-corrected chi connectivity index (χ0v) is 11.4. The fourth-order valence-corrected chi connectivity index (χ4v) is 2.62. The van der Waals surface area contributed by atoms with Crippen LogP contribution in [0.5, 0.6) is 0 Å². The van der Waals surface area contributed by atoms with E-state index >= 15 is 0 Å². The second-order valence-corrected chi connectivity index (χ2v) is 5.32. The molecule has 0 saturated heterocycles. The first-order valence-electron chi connectivity index (χ1n) is 7.00. The molecule has 21 heavy (non-hydrogen) atoms. The first-order chi connectivity index (χ1) is 9.88. The Labute approximate surface area is 120 Å². The maximum Gasteiger partial charge on any atom is 0.416 e. The van der Waals surface area contributed by atoms with E-state index in [1.54, 1.807) is 0 Å². The van der Waals surface area contributed by atoms with E-state index in [9.17, 15) is 23.3 Å². The van der Waals surface area contributed by atoms with Gasteiger partial charge in [0.05, 0.1) is 10.5 Å². The molecule has 4 nitrogen and oxygen atoms in total. The van der Waals surface area contributed by atoms with E-state index in [2.05, 4.69) is 5.32 Å². The highest BCUT2D eigenvalue weighted by atomic mass is 19.4. The molecule has 0 aromatic heterocycles. The lowest BCUT2D eigenvalue weighted by Crippen LogP contribution is -2.19. The molecule has 1 fully saturated rings. The van der Waals surface area contributed by atoms with Crippen LogP contribution in [0.15, 0.2) is 18.2 Å². The second kappa shape index (κ2) is 6.32. The van der Waals surface area contributed by atoms with E-state index in [1.807, 2.05) is 0 Å². The monoisotopic (exact) mass is 302 g/mol. The minimum Gasteiger partial charge on any atom is -0.377 e. The van der Waals surface area contributed by atoms with Crippen LogP contribution in [0.2, 0.25) is 0 Å². The molecule has 1 saturated carbocycles. The largest absolute Gasteiger partial charge is 0.416 e. The topological polar surface area (TPSA) is 55.2 Å². The zero-order valence-electron chi connectivity index (χ0n) is 11.4. The third-order valence-electron chi connectivity index (χ3n) is 3.74. The van der Waals surface area contributed by atoms with Crippen molar-refractivity contribution in [3.63, 3.8) is 0 Å². The first-order valence-corrected chi connectivity index (χ1v) is 7.00. The normalized spacial score (nSPS) is 17.3. The number of nitro groups is 1.